The number of sulfonamides is 1. The van der Waals surface area contributed by atoms with Gasteiger partial charge in [-0.1, -0.05) is 5.16 Å². The predicted molar refractivity (Wildman–Crippen MR) is 51.9 cm³/mol. The van der Waals surface area contributed by atoms with Crippen molar-refractivity contribution in [2.75, 3.05) is 5.75 Å². The maximum atomic E-state index is 11.3. The summed E-state index contributed by atoms with van der Waals surface area (Å²) in [6.45, 7) is 1.47. The Balaban J connectivity index is 2.45. The van der Waals surface area contributed by atoms with Gasteiger partial charge in [0.25, 0.3) is 0 Å². The number of nitrogens with zero attached hydrogens (tertiary/aromatic N) is 2. The lowest BCUT2D eigenvalue weighted by molar-refractivity contribution is -0.136. The molecule has 8 nitrogen and oxygen atoms in total. The highest BCUT2D eigenvalue weighted by Crippen LogP contribution is 1.97. The second-order valence-corrected chi connectivity index (χ2v) is 4.95. The number of carboxylic acids is 1. The third-order valence-electron chi connectivity index (χ3n) is 1.60. The number of rotatable bonds is 6. The molecule has 0 amide bonds. The summed E-state index contributed by atoms with van der Waals surface area (Å²) < 4.78 is 29.3. The molecular formula is C7H11N3O5S. The maximum Gasteiger partial charge on any atom is 0.304 e. The summed E-state index contributed by atoms with van der Waals surface area (Å²) in [5.74, 6) is -1.11. The van der Waals surface area contributed by atoms with E-state index in [0.29, 0.717) is 5.82 Å². The fraction of sp³-hybridized carbons (Fsp3) is 0.571. The van der Waals surface area contributed by atoms with E-state index in [0.717, 1.165) is 0 Å². The van der Waals surface area contributed by atoms with Crippen molar-refractivity contribution in [2.24, 2.45) is 0 Å². The van der Waals surface area contributed by atoms with Crippen LogP contribution in [0.1, 0.15) is 18.1 Å². The molecule has 0 unspecified atom stereocenters. The molecule has 2 N–H and O–H groups in total. The zero-order valence-electron chi connectivity index (χ0n) is 8.50. The van der Waals surface area contributed by atoms with Crippen molar-refractivity contribution in [1.82, 2.24) is 14.9 Å². The van der Waals surface area contributed by atoms with Gasteiger partial charge in [0, 0.05) is 0 Å². The van der Waals surface area contributed by atoms with Gasteiger partial charge in [-0.05, 0) is 6.92 Å². The number of aromatic nitrogens is 2. The van der Waals surface area contributed by atoms with Crippen molar-refractivity contribution in [3.8, 4) is 0 Å². The van der Waals surface area contributed by atoms with Crippen LogP contribution >= 0.6 is 0 Å². The molecule has 0 fully saturated rings. The molecule has 0 aliphatic rings. The number of carbonyl (C=O) groups is 1. The van der Waals surface area contributed by atoms with Crippen molar-refractivity contribution in [1.29, 1.82) is 0 Å². The zero-order valence-corrected chi connectivity index (χ0v) is 9.32. The van der Waals surface area contributed by atoms with E-state index in [9.17, 15) is 13.2 Å². The number of hydrogen-bond acceptors (Lipinski definition) is 6. The Kier molecular flexibility index (Phi) is 3.96. The van der Waals surface area contributed by atoms with Crippen LogP contribution < -0.4 is 4.72 Å². The molecule has 0 aliphatic carbocycles. The van der Waals surface area contributed by atoms with Crippen LogP contribution in [-0.4, -0.2) is 35.4 Å². The average Bonchev–Trinajstić information content (AvgIpc) is 2.59. The van der Waals surface area contributed by atoms with Crippen LogP contribution in [0.3, 0.4) is 0 Å². The molecular weight excluding hydrogens is 238 g/mol. The molecule has 0 atom stereocenters. The third-order valence-corrected chi connectivity index (χ3v) is 2.92. The highest BCUT2D eigenvalue weighted by Gasteiger charge is 2.14. The van der Waals surface area contributed by atoms with E-state index >= 15 is 0 Å². The largest absolute Gasteiger partial charge is 0.481 e. The molecule has 0 bridgehead atoms. The van der Waals surface area contributed by atoms with Crippen LogP contribution in [0.4, 0.5) is 0 Å². The van der Waals surface area contributed by atoms with Gasteiger partial charge in [-0.3, -0.25) is 4.79 Å². The number of carboxylic acid groups (broad SMARTS) is 1. The lowest BCUT2D eigenvalue weighted by Gasteiger charge is -2.01. The third kappa shape index (κ3) is 4.36. The Morgan fingerprint density at radius 3 is 2.75 bits per heavy atom. The van der Waals surface area contributed by atoms with Gasteiger partial charge >= 0.3 is 5.97 Å². The highest BCUT2D eigenvalue weighted by molar-refractivity contribution is 7.89. The first kappa shape index (κ1) is 12.6. The minimum atomic E-state index is -3.62. The van der Waals surface area contributed by atoms with Gasteiger partial charge < -0.3 is 9.63 Å². The standard InChI is InChI=1S/C7H11N3O5S/c1-5-9-6(15-10-5)4-8-16(13,14)3-2-7(11)12/h8H,2-4H2,1H3,(H,11,12). The maximum absolute atomic E-state index is 11.3. The van der Waals surface area contributed by atoms with Crippen molar-refractivity contribution in [3.63, 3.8) is 0 Å². The van der Waals surface area contributed by atoms with E-state index in [2.05, 4.69) is 19.4 Å². The first-order valence-electron chi connectivity index (χ1n) is 4.37. The molecule has 0 aliphatic heterocycles. The predicted octanol–water partition coefficient (Wildman–Crippen LogP) is -0.728. The first-order valence-corrected chi connectivity index (χ1v) is 6.02. The molecule has 1 aromatic heterocycles. The van der Waals surface area contributed by atoms with Crippen LogP contribution in [0.5, 0.6) is 0 Å². The average molecular weight is 249 g/mol. The number of aliphatic carboxylic acids is 1. The van der Waals surface area contributed by atoms with Gasteiger partial charge in [-0.15, -0.1) is 0 Å². The molecule has 0 radical (unpaired) electrons. The molecule has 16 heavy (non-hydrogen) atoms. The zero-order chi connectivity index (χ0) is 12.2. The van der Waals surface area contributed by atoms with Crippen molar-refractivity contribution in [2.45, 2.75) is 19.9 Å². The minimum Gasteiger partial charge on any atom is -0.481 e. The van der Waals surface area contributed by atoms with Gasteiger partial charge in [0.15, 0.2) is 5.82 Å². The Morgan fingerprint density at radius 1 is 1.56 bits per heavy atom. The second-order valence-electron chi connectivity index (χ2n) is 3.02. The molecule has 9 heteroatoms. The summed E-state index contributed by atoms with van der Waals surface area (Å²) >= 11 is 0. The van der Waals surface area contributed by atoms with Crippen LogP contribution in [0.15, 0.2) is 4.52 Å². The molecule has 1 heterocycles. The Labute approximate surface area is 91.7 Å². The fourth-order valence-electron chi connectivity index (χ4n) is 0.877. The molecule has 1 rings (SSSR count). The smallest absolute Gasteiger partial charge is 0.304 e. The Hall–Kier alpha value is -1.48. The van der Waals surface area contributed by atoms with E-state index in [1.54, 1.807) is 6.92 Å². The van der Waals surface area contributed by atoms with Crippen LogP contribution in [0.25, 0.3) is 0 Å². The molecule has 0 aromatic carbocycles. The topological polar surface area (TPSA) is 122 Å². The van der Waals surface area contributed by atoms with Crippen LogP contribution in [-0.2, 0) is 21.4 Å². The first-order chi connectivity index (χ1) is 7.39. The van der Waals surface area contributed by atoms with Gasteiger partial charge in [0.05, 0.1) is 18.7 Å². The van der Waals surface area contributed by atoms with Crippen molar-refractivity contribution < 1.29 is 22.8 Å². The Bertz CT molecular complexity index is 466. The lowest BCUT2D eigenvalue weighted by atomic mass is 10.5. The van der Waals surface area contributed by atoms with Crippen molar-refractivity contribution >= 4 is 16.0 Å². The van der Waals surface area contributed by atoms with Gasteiger partial charge in [0.2, 0.25) is 15.9 Å². The van der Waals surface area contributed by atoms with Gasteiger partial charge in [0.1, 0.15) is 0 Å². The second kappa shape index (κ2) is 5.03. The normalized spacial score (nSPS) is 11.6. The summed E-state index contributed by atoms with van der Waals surface area (Å²) in [5, 5.41) is 11.8. The number of nitrogens with one attached hydrogen (secondary N) is 1. The van der Waals surface area contributed by atoms with E-state index in [-0.39, 0.29) is 12.4 Å². The van der Waals surface area contributed by atoms with Gasteiger partial charge in [-0.25, -0.2) is 13.1 Å². The van der Waals surface area contributed by atoms with E-state index < -0.39 is 28.2 Å². The molecule has 90 valence electrons. The van der Waals surface area contributed by atoms with Crippen molar-refractivity contribution in [3.05, 3.63) is 11.7 Å². The summed E-state index contributed by atoms with van der Waals surface area (Å²) in [7, 11) is -3.62. The lowest BCUT2D eigenvalue weighted by Crippen LogP contribution is -2.27. The highest BCUT2D eigenvalue weighted by atomic mass is 32.2. The minimum absolute atomic E-state index is 0.136. The fourth-order valence-corrected chi connectivity index (χ4v) is 1.81. The van der Waals surface area contributed by atoms with E-state index in [1.807, 2.05) is 0 Å². The van der Waals surface area contributed by atoms with Gasteiger partial charge in [-0.2, -0.15) is 4.98 Å². The number of aryl methyl sites for hydroxylation is 1. The summed E-state index contributed by atoms with van der Waals surface area (Å²) in [6.07, 6.45) is -0.446. The van der Waals surface area contributed by atoms with E-state index in [1.165, 1.54) is 0 Å². The molecule has 0 spiro atoms. The summed E-state index contributed by atoms with van der Waals surface area (Å²) in [5.41, 5.74) is 0. The summed E-state index contributed by atoms with van der Waals surface area (Å²) in [6, 6.07) is 0. The SMILES string of the molecule is Cc1noc(CNS(=O)(=O)CCC(=O)O)n1. The molecule has 0 saturated carbocycles. The molecule has 1 aromatic rings. The van der Waals surface area contributed by atoms with E-state index in [4.69, 9.17) is 5.11 Å². The van der Waals surface area contributed by atoms with Crippen LogP contribution in [0.2, 0.25) is 0 Å². The Morgan fingerprint density at radius 2 is 2.25 bits per heavy atom. The summed E-state index contributed by atoms with van der Waals surface area (Å²) in [4.78, 5) is 14.0. The monoisotopic (exact) mass is 249 g/mol. The molecule has 0 saturated heterocycles. The number of hydrogen-bond donors (Lipinski definition) is 2. The van der Waals surface area contributed by atoms with Crippen LogP contribution in [0, 0.1) is 6.92 Å². The quantitative estimate of drug-likeness (QED) is 0.681.